The number of carbonyl (C=O) groups is 2. The van der Waals surface area contributed by atoms with Gasteiger partial charge in [0.15, 0.2) is 6.10 Å². The minimum atomic E-state index is -4.39. The summed E-state index contributed by atoms with van der Waals surface area (Å²) in [7, 11) is -4.39. The van der Waals surface area contributed by atoms with Crippen molar-refractivity contribution in [2.24, 2.45) is 5.73 Å². The molecule has 3 N–H and O–H groups in total. The second-order valence-electron chi connectivity index (χ2n) is 17.4. The van der Waals surface area contributed by atoms with Crippen LogP contribution < -0.4 is 5.73 Å². The molecule has 0 aliphatic carbocycles. The van der Waals surface area contributed by atoms with Gasteiger partial charge in [-0.05, 0) is 77.0 Å². The number of esters is 2. The van der Waals surface area contributed by atoms with Crippen LogP contribution in [0.25, 0.3) is 0 Å². The highest BCUT2D eigenvalue weighted by Gasteiger charge is 2.26. The van der Waals surface area contributed by atoms with Gasteiger partial charge in [0.05, 0.1) is 13.2 Å². The van der Waals surface area contributed by atoms with Gasteiger partial charge >= 0.3 is 19.8 Å². The van der Waals surface area contributed by atoms with Crippen LogP contribution in [-0.4, -0.2) is 49.3 Å². The van der Waals surface area contributed by atoms with Crippen molar-refractivity contribution in [3.63, 3.8) is 0 Å². The topological polar surface area (TPSA) is 134 Å². The molecular weight excluding hydrogens is 822 g/mol. The Morgan fingerprint density at radius 2 is 0.859 bits per heavy atom. The van der Waals surface area contributed by atoms with Crippen molar-refractivity contribution in [3.05, 3.63) is 60.8 Å². The van der Waals surface area contributed by atoms with Gasteiger partial charge in [0, 0.05) is 19.4 Å². The van der Waals surface area contributed by atoms with Crippen molar-refractivity contribution in [1.29, 1.82) is 0 Å². The average molecular weight is 920 g/mol. The van der Waals surface area contributed by atoms with Gasteiger partial charge in [-0.15, -0.1) is 0 Å². The SMILES string of the molecule is CC/C=C\C/C=C\C/C=C\C/C=C\CCCCCCCCCCCCCCCCC(=O)OC(COC(=O)CCCCCCC/C=C\CCCCCCCCC)COP(=O)(O)OCCN. The maximum atomic E-state index is 12.7. The molecule has 0 bridgehead atoms. The molecule has 372 valence electrons. The van der Waals surface area contributed by atoms with E-state index in [-0.39, 0.29) is 38.6 Å². The summed E-state index contributed by atoms with van der Waals surface area (Å²) in [6, 6.07) is 0. The van der Waals surface area contributed by atoms with Crippen LogP contribution in [0.15, 0.2) is 60.8 Å². The lowest BCUT2D eigenvalue weighted by Crippen LogP contribution is -2.29. The van der Waals surface area contributed by atoms with E-state index in [1.165, 1.54) is 122 Å². The van der Waals surface area contributed by atoms with Crippen LogP contribution in [0, 0.1) is 0 Å². The number of rotatable bonds is 49. The molecule has 0 heterocycles. The Kier molecular flexibility index (Phi) is 48.3. The van der Waals surface area contributed by atoms with Gasteiger partial charge in [0.2, 0.25) is 0 Å². The fraction of sp³-hybridized carbons (Fsp3) is 0.778. The van der Waals surface area contributed by atoms with Crippen LogP contribution in [0.5, 0.6) is 0 Å². The van der Waals surface area contributed by atoms with Crippen molar-refractivity contribution < 1.29 is 37.6 Å². The zero-order valence-electron chi connectivity index (χ0n) is 41.3. The summed E-state index contributed by atoms with van der Waals surface area (Å²) in [6.45, 7) is 3.63. The number of phosphoric ester groups is 1. The summed E-state index contributed by atoms with van der Waals surface area (Å²) in [5, 5.41) is 0. The highest BCUT2D eigenvalue weighted by molar-refractivity contribution is 7.47. The van der Waals surface area contributed by atoms with E-state index in [0.717, 1.165) is 83.5 Å². The Hall–Kier alpha value is -2.29. The quantitative estimate of drug-likeness (QED) is 0.0265. The molecule has 2 atom stereocenters. The molecule has 0 fully saturated rings. The number of phosphoric acid groups is 1. The fourth-order valence-electron chi connectivity index (χ4n) is 7.27. The normalized spacial score (nSPS) is 13.6. The van der Waals surface area contributed by atoms with Crippen LogP contribution in [0.2, 0.25) is 0 Å². The predicted molar refractivity (Wildman–Crippen MR) is 270 cm³/mol. The molecule has 0 aliphatic rings. The minimum Gasteiger partial charge on any atom is -0.462 e. The van der Waals surface area contributed by atoms with E-state index < -0.39 is 26.5 Å². The first-order valence-corrected chi connectivity index (χ1v) is 27.8. The number of allylic oxidation sites excluding steroid dienone is 10. The minimum absolute atomic E-state index is 0.0512. The van der Waals surface area contributed by atoms with E-state index >= 15 is 0 Å². The summed E-state index contributed by atoms with van der Waals surface area (Å²) < 4.78 is 32.9. The summed E-state index contributed by atoms with van der Waals surface area (Å²) in [6.07, 6.45) is 61.2. The van der Waals surface area contributed by atoms with Crippen molar-refractivity contribution in [2.45, 2.75) is 245 Å². The van der Waals surface area contributed by atoms with E-state index in [0.29, 0.717) is 6.42 Å². The van der Waals surface area contributed by atoms with Crippen molar-refractivity contribution in [1.82, 2.24) is 0 Å². The molecule has 0 spiro atoms. The standard InChI is InChI=1S/C54H98NO8P/c1-3-5-7-9-11-13-15-17-19-21-22-23-24-25-26-27-28-29-30-31-33-35-37-39-41-43-45-47-54(57)63-52(51-62-64(58,59)61-49-48-55)50-60-53(56)46-44-42-40-38-36-34-32-20-18-16-14-12-10-8-6-4-2/h5,7,11,13,17,19-20,22-23,32,52H,3-4,6,8-10,12,14-16,18,21,24-31,33-51,55H2,1-2H3,(H,58,59)/b7-5-,13-11-,19-17-,23-22-,32-20-. The molecular formula is C54H98NO8P. The monoisotopic (exact) mass is 920 g/mol. The van der Waals surface area contributed by atoms with Gasteiger partial charge in [0.1, 0.15) is 6.61 Å². The Balaban J connectivity index is 4.00. The molecule has 0 saturated carbocycles. The van der Waals surface area contributed by atoms with Crippen LogP contribution in [0.3, 0.4) is 0 Å². The molecule has 9 nitrogen and oxygen atoms in total. The van der Waals surface area contributed by atoms with Gasteiger partial charge in [-0.3, -0.25) is 18.6 Å². The van der Waals surface area contributed by atoms with Crippen molar-refractivity contribution >= 4 is 19.8 Å². The molecule has 0 rings (SSSR count). The molecule has 0 aromatic rings. The number of nitrogens with two attached hydrogens (primary N) is 1. The van der Waals surface area contributed by atoms with Crippen molar-refractivity contribution in [3.8, 4) is 0 Å². The first-order valence-electron chi connectivity index (χ1n) is 26.3. The van der Waals surface area contributed by atoms with Crippen LogP contribution in [0.4, 0.5) is 0 Å². The van der Waals surface area contributed by atoms with E-state index in [1.807, 2.05) is 0 Å². The first kappa shape index (κ1) is 61.7. The Morgan fingerprint density at radius 1 is 0.484 bits per heavy atom. The molecule has 64 heavy (non-hydrogen) atoms. The lowest BCUT2D eigenvalue weighted by molar-refractivity contribution is -0.161. The Morgan fingerprint density at radius 3 is 1.30 bits per heavy atom. The molecule has 0 aromatic carbocycles. The third-order valence-corrected chi connectivity index (χ3v) is 12.1. The van der Waals surface area contributed by atoms with E-state index in [1.54, 1.807) is 0 Å². The maximum Gasteiger partial charge on any atom is 0.472 e. The Labute approximate surface area is 393 Å². The average Bonchev–Trinajstić information content (AvgIpc) is 3.28. The number of hydrogen-bond acceptors (Lipinski definition) is 8. The van der Waals surface area contributed by atoms with Crippen LogP contribution in [0.1, 0.15) is 239 Å². The third-order valence-electron chi connectivity index (χ3n) is 11.1. The zero-order chi connectivity index (χ0) is 46.7. The van der Waals surface area contributed by atoms with E-state index in [9.17, 15) is 19.0 Å². The molecule has 10 heteroatoms. The Bertz CT molecular complexity index is 1230. The third kappa shape index (κ3) is 49.2. The van der Waals surface area contributed by atoms with Gasteiger partial charge in [-0.2, -0.15) is 0 Å². The molecule has 0 amide bonds. The smallest absolute Gasteiger partial charge is 0.462 e. The maximum absolute atomic E-state index is 12.7. The number of hydrogen-bond donors (Lipinski definition) is 2. The lowest BCUT2D eigenvalue weighted by atomic mass is 10.0. The first-order chi connectivity index (χ1) is 31.3. The number of ether oxygens (including phenoxy) is 2. The second kappa shape index (κ2) is 50.1. The summed E-state index contributed by atoms with van der Waals surface area (Å²) >= 11 is 0. The largest absolute Gasteiger partial charge is 0.472 e. The number of carbonyl (C=O) groups excluding carboxylic acids is 2. The molecule has 0 aliphatic heterocycles. The summed E-state index contributed by atoms with van der Waals surface area (Å²) in [5.41, 5.74) is 5.37. The second-order valence-corrected chi connectivity index (χ2v) is 18.8. The summed E-state index contributed by atoms with van der Waals surface area (Å²) in [4.78, 5) is 35.1. The fourth-order valence-corrected chi connectivity index (χ4v) is 8.03. The molecule has 2 unspecified atom stereocenters. The number of unbranched alkanes of at least 4 members (excludes halogenated alkanes) is 26. The van der Waals surface area contributed by atoms with E-state index in [4.69, 9.17) is 24.3 Å². The highest BCUT2D eigenvalue weighted by Crippen LogP contribution is 2.43. The highest BCUT2D eigenvalue weighted by atomic mass is 31.2. The molecule has 0 radical (unpaired) electrons. The van der Waals surface area contributed by atoms with Gasteiger partial charge < -0.3 is 20.1 Å². The lowest BCUT2D eigenvalue weighted by Gasteiger charge is -2.19. The van der Waals surface area contributed by atoms with E-state index in [2.05, 4.69) is 74.6 Å². The van der Waals surface area contributed by atoms with Gasteiger partial charge in [0.25, 0.3) is 0 Å². The summed E-state index contributed by atoms with van der Waals surface area (Å²) in [5.74, 6) is -0.834. The van der Waals surface area contributed by atoms with Gasteiger partial charge in [-0.25, -0.2) is 4.57 Å². The van der Waals surface area contributed by atoms with Crippen LogP contribution >= 0.6 is 7.82 Å². The molecule has 0 saturated heterocycles. The van der Waals surface area contributed by atoms with Crippen molar-refractivity contribution in [2.75, 3.05) is 26.4 Å². The predicted octanol–water partition coefficient (Wildman–Crippen LogP) is 16.0. The zero-order valence-corrected chi connectivity index (χ0v) is 42.2. The molecule has 0 aromatic heterocycles. The van der Waals surface area contributed by atoms with Gasteiger partial charge in [-0.1, -0.05) is 209 Å². The van der Waals surface area contributed by atoms with Crippen LogP contribution in [-0.2, 0) is 32.7 Å².